The average molecular weight is 348 g/mol. The summed E-state index contributed by atoms with van der Waals surface area (Å²) in [6.45, 7) is 11.4. The van der Waals surface area contributed by atoms with Crippen molar-refractivity contribution in [3.05, 3.63) is 23.8 Å². The van der Waals surface area contributed by atoms with E-state index in [9.17, 15) is 5.11 Å². The highest BCUT2D eigenvalue weighted by Crippen LogP contribution is 2.34. The second kappa shape index (κ2) is 8.88. The molecule has 2 saturated heterocycles. The van der Waals surface area contributed by atoms with Gasteiger partial charge in [0, 0.05) is 38.3 Å². The zero-order valence-electron chi connectivity index (χ0n) is 15.7. The number of nitrogens with zero attached hydrogens (tertiary/aromatic N) is 2. The number of rotatable bonds is 7. The predicted octanol–water partition coefficient (Wildman–Crippen LogP) is 2.61. The van der Waals surface area contributed by atoms with Gasteiger partial charge >= 0.3 is 0 Å². The van der Waals surface area contributed by atoms with E-state index < -0.39 is 0 Å². The molecular formula is C20H33N3O2. The highest BCUT2D eigenvalue weighted by molar-refractivity contribution is 5.43. The molecule has 0 saturated carbocycles. The number of aromatic hydroxyl groups is 1. The number of ether oxygens (including phenoxy) is 1. The third-order valence-electron chi connectivity index (χ3n) is 5.57. The van der Waals surface area contributed by atoms with Crippen LogP contribution in [0.4, 0.5) is 0 Å². The maximum absolute atomic E-state index is 10.1. The lowest BCUT2D eigenvalue weighted by Crippen LogP contribution is -2.53. The molecule has 25 heavy (non-hydrogen) atoms. The molecule has 0 aliphatic carbocycles. The van der Waals surface area contributed by atoms with E-state index in [1.165, 1.54) is 31.5 Å². The van der Waals surface area contributed by atoms with Crippen molar-refractivity contribution in [2.24, 2.45) is 0 Å². The van der Waals surface area contributed by atoms with Crippen molar-refractivity contribution >= 4 is 0 Å². The molecule has 2 unspecified atom stereocenters. The molecule has 2 heterocycles. The van der Waals surface area contributed by atoms with Crippen LogP contribution in [0.25, 0.3) is 0 Å². The molecule has 5 nitrogen and oxygen atoms in total. The van der Waals surface area contributed by atoms with E-state index in [1.54, 1.807) is 6.07 Å². The molecule has 1 aromatic rings. The first kappa shape index (κ1) is 18.5. The van der Waals surface area contributed by atoms with Gasteiger partial charge in [0.2, 0.25) is 0 Å². The number of piperazine rings is 1. The lowest BCUT2D eigenvalue weighted by Gasteiger charge is -2.43. The van der Waals surface area contributed by atoms with Gasteiger partial charge in [-0.1, -0.05) is 13.0 Å². The van der Waals surface area contributed by atoms with Crippen LogP contribution in [-0.2, 0) is 0 Å². The number of phenolic OH excluding ortho intramolecular Hbond substituents is 1. The van der Waals surface area contributed by atoms with E-state index in [4.69, 9.17) is 4.74 Å². The Hall–Kier alpha value is -1.30. The van der Waals surface area contributed by atoms with Crippen molar-refractivity contribution in [3.63, 3.8) is 0 Å². The van der Waals surface area contributed by atoms with Crippen LogP contribution in [0, 0.1) is 0 Å². The monoisotopic (exact) mass is 347 g/mol. The van der Waals surface area contributed by atoms with E-state index in [-0.39, 0.29) is 5.75 Å². The summed E-state index contributed by atoms with van der Waals surface area (Å²) >= 11 is 0. The molecule has 2 N–H and O–H groups in total. The summed E-state index contributed by atoms with van der Waals surface area (Å²) in [7, 11) is 0. The first-order chi connectivity index (χ1) is 12.2. The molecule has 1 aromatic carbocycles. The summed E-state index contributed by atoms with van der Waals surface area (Å²) in [5.74, 6) is 0.840. The molecule has 2 aliphatic heterocycles. The second-order valence-corrected chi connectivity index (χ2v) is 7.19. The molecule has 2 aliphatic rings. The minimum Gasteiger partial charge on any atom is -0.504 e. The van der Waals surface area contributed by atoms with Crippen LogP contribution >= 0.6 is 0 Å². The van der Waals surface area contributed by atoms with Crippen molar-refractivity contribution < 1.29 is 9.84 Å². The van der Waals surface area contributed by atoms with Crippen LogP contribution in [-0.4, -0.2) is 66.8 Å². The van der Waals surface area contributed by atoms with Crippen LogP contribution in [0.3, 0.4) is 0 Å². The van der Waals surface area contributed by atoms with Gasteiger partial charge in [-0.05, 0) is 57.0 Å². The van der Waals surface area contributed by atoms with E-state index >= 15 is 0 Å². The average Bonchev–Trinajstić information content (AvgIpc) is 3.15. The summed E-state index contributed by atoms with van der Waals surface area (Å²) in [5, 5.41) is 13.6. The van der Waals surface area contributed by atoms with Crippen LogP contribution in [0.5, 0.6) is 11.5 Å². The van der Waals surface area contributed by atoms with Gasteiger partial charge in [0.25, 0.3) is 0 Å². The van der Waals surface area contributed by atoms with E-state index in [0.29, 0.717) is 24.4 Å². The molecular weight excluding hydrogens is 314 g/mol. The number of phenols is 1. The Balaban J connectivity index is 1.88. The van der Waals surface area contributed by atoms with Crippen LogP contribution in [0.15, 0.2) is 18.2 Å². The van der Waals surface area contributed by atoms with Gasteiger partial charge in [-0.2, -0.15) is 0 Å². The zero-order chi connectivity index (χ0) is 17.6. The molecule has 140 valence electrons. The highest BCUT2D eigenvalue weighted by atomic mass is 16.5. The third kappa shape index (κ3) is 4.46. The number of benzene rings is 1. The maximum Gasteiger partial charge on any atom is 0.161 e. The highest BCUT2D eigenvalue weighted by Gasteiger charge is 2.31. The van der Waals surface area contributed by atoms with Crippen molar-refractivity contribution in [1.82, 2.24) is 15.1 Å². The summed E-state index contributed by atoms with van der Waals surface area (Å²) in [6.07, 6.45) is 3.77. The first-order valence-electron chi connectivity index (χ1n) is 9.87. The smallest absolute Gasteiger partial charge is 0.161 e. The molecule has 5 heteroatoms. The molecule has 0 bridgehead atoms. The van der Waals surface area contributed by atoms with Crippen molar-refractivity contribution in [2.75, 3.05) is 45.9 Å². The summed E-state index contributed by atoms with van der Waals surface area (Å²) in [4.78, 5) is 5.25. The van der Waals surface area contributed by atoms with Gasteiger partial charge in [-0.3, -0.25) is 4.90 Å². The normalized spacial score (nSPS) is 23.7. The van der Waals surface area contributed by atoms with Gasteiger partial charge in [0.05, 0.1) is 6.61 Å². The topological polar surface area (TPSA) is 48.0 Å². The lowest BCUT2D eigenvalue weighted by molar-refractivity contribution is 0.0797. The molecule has 0 aromatic heterocycles. The maximum atomic E-state index is 10.1. The van der Waals surface area contributed by atoms with Gasteiger partial charge in [0.1, 0.15) is 0 Å². The number of hydrogen-bond donors (Lipinski definition) is 2. The number of hydrogen-bond acceptors (Lipinski definition) is 5. The second-order valence-electron chi connectivity index (χ2n) is 7.19. The quantitative estimate of drug-likeness (QED) is 0.794. The molecule has 2 atom stereocenters. The minimum atomic E-state index is 0.234. The Kier molecular flexibility index (Phi) is 6.57. The summed E-state index contributed by atoms with van der Waals surface area (Å²) < 4.78 is 5.64. The lowest BCUT2D eigenvalue weighted by atomic mass is 9.99. The third-order valence-corrected chi connectivity index (χ3v) is 5.57. The van der Waals surface area contributed by atoms with E-state index in [0.717, 1.165) is 32.6 Å². The van der Waals surface area contributed by atoms with Gasteiger partial charge in [-0.25, -0.2) is 0 Å². The fraction of sp³-hybridized carbons (Fsp3) is 0.700. The molecule has 0 amide bonds. The van der Waals surface area contributed by atoms with Crippen molar-refractivity contribution in [1.29, 1.82) is 0 Å². The van der Waals surface area contributed by atoms with Crippen molar-refractivity contribution in [3.8, 4) is 11.5 Å². The Morgan fingerprint density at radius 1 is 1.24 bits per heavy atom. The standard InChI is InChI=1S/C20H33N3O2/c1-3-17-14-21-9-12-23(17)18(15-22-10-5-6-11-22)16-7-8-19(24)20(13-16)25-4-2/h7-8,13,17-18,21,24H,3-6,9-12,14-15H2,1-2H3. The largest absolute Gasteiger partial charge is 0.504 e. The number of likely N-dealkylation sites (tertiary alicyclic amines) is 1. The fourth-order valence-corrected chi connectivity index (χ4v) is 4.19. The first-order valence-corrected chi connectivity index (χ1v) is 9.87. The Morgan fingerprint density at radius 2 is 2.04 bits per heavy atom. The van der Waals surface area contributed by atoms with Gasteiger partial charge in [-0.15, -0.1) is 0 Å². The van der Waals surface area contributed by atoms with Gasteiger partial charge in [0.15, 0.2) is 11.5 Å². The van der Waals surface area contributed by atoms with E-state index in [2.05, 4.69) is 28.1 Å². The Morgan fingerprint density at radius 3 is 2.76 bits per heavy atom. The van der Waals surface area contributed by atoms with E-state index in [1.807, 2.05) is 13.0 Å². The molecule has 0 spiro atoms. The van der Waals surface area contributed by atoms with Crippen LogP contribution in [0.1, 0.15) is 44.7 Å². The molecule has 2 fully saturated rings. The SMILES string of the molecule is CCOc1cc(C(CN2CCCC2)N2CCNCC2CC)ccc1O. The Bertz CT molecular complexity index is 546. The van der Waals surface area contributed by atoms with Crippen LogP contribution < -0.4 is 10.1 Å². The number of nitrogens with one attached hydrogen (secondary N) is 1. The van der Waals surface area contributed by atoms with Crippen LogP contribution in [0.2, 0.25) is 0 Å². The van der Waals surface area contributed by atoms with Gasteiger partial charge < -0.3 is 20.1 Å². The summed E-state index contributed by atoms with van der Waals surface area (Å²) in [6, 6.07) is 6.83. The minimum absolute atomic E-state index is 0.234. The fourth-order valence-electron chi connectivity index (χ4n) is 4.19. The molecule has 0 radical (unpaired) electrons. The molecule has 3 rings (SSSR count). The predicted molar refractivity (Wildman–Crippen MR) is 101 cm³/mol. The van der Waals surface area contributed by atoms with Crippen molar-refractivity contribution in [2.45, 2.75) is 45.2 Å². The zero-order valence-corrected chi connectivity index (χ0v) is 15.7. The summed E-state index contributed by atoms with van der Waals surface area (Å²) in [5.41, 5.74) is 1.26. The Labute approximate surface area is 152 Å².